The molecule has 2 saturated carbocycles. The summed E-state index contributed by atoms with van der Waals surface area (Å²) in [6, 6.07) is 0. The third kappa shape index (κ3) is 1.04. The van der Waals surface area contributed by atoms with Gasteiger partial charge in [0, 0.05) is 5.25 Å². The first-order valence-electron chi connectivity index (χ1n) is 4.71. The Bertz CT molecular complexity index is 156. The zero-order chi connectivity index (χ0) is 8.22. The van der Waals surface area contributed by atoms with E-state index in [1.807, 2.05) is 0 Å². The van der Waals surface area contributed by atoms with Gasteiger partial charge in [0.15, 0.2) is 0 Å². The van der Waals surface area contributed by atoms with Crippen LogP contribution in [0.2, 0.25) is 0 Å². The van der Waals surface area contributed by atoms with Crippen molar-refractivity contribution in [2.75, 3.05) is 0 Å². The highest BCUT2D eigenvalue weighted by molar-refractivity contribution is 7.81. The Morgan fingerprint density at radius 3 is 2.27 bits per heavy atom. The minimum atomic E-state index is 0.658. The van der Waals surface area contributed by atoms with E-state index >= 15 is 0 Å². The first kappa shape index (κ1) is 7.97. The lowest BCUT2D eigenvalue weighted by molar-refractivity contribution is 0.381. The summed E-state index contributed by atoms with van der Waals surface area (Å²) in [5, 5.41) is 0.679. The molecule has 0 aromatic carbocycles. The lowest BCUT2D eigenvalue weighted by Crippen LogP contribution is -2.18. The van der Waals surface area contributed by atoms with E-state index in [1.54, 1.807) is 0 Å². The molecule has 0 aromatic rings. The molecule has 64 valence electrons. The molecule has 0 nitrogen and oxygen atoms in total. The molecule has 0 spiro atoms. The average Bonchev–Trinajstić information content (AvgIpc) is 2.39. The molecule has 0 radical (unpaired) electrons. The summed E-state index contributed by atoms with van der Waals surface area (Å²) in [6.45, 7) is 7.18. The van der Waals surface area contributed by atoms with Crippen LogP contribution in [0, 0.1) is 23.2 Å². The Kier molecular flexibility index (Phi) is 1.58. The van der Waals surface area contributed by atoms with Crippen LogP contribution in [-0.4, -0.2) is 5.25 Å². The van der Waals surface area contributed by atoms with Crippen molar-refractivity contribution >= 4 is 12.6 Å². The molecular formula is C10H18S. The van der Waals surface area contributed by atoms with Gasteiger partial charge in [-0.3, -0.25) is 0 Å². The maximum Gasteiger partial charge on any atom is 0.00455 e. The van der Waals surface area contributed by atoms with Crippen LogP contribution in [0.1, 0.15) is 33.6 Å². The smallest absolute Gasteiger partial charge is 0.00455 e. The van der Waals surface area contributed by atoms with Crippen LogP contribution in [0.25, 0.3) is 0 Å². The molecule has 2 rings (SSSR count). The molecule has 2 aliphatic carbocycles. The fourth-order valence-corrected chi connectivity index (χ4v) is 3.19. The standard InChI is InChI=1S/C10H18S/c1-6-4-7-8(5-9(6)11)10(7,2)3/h6-9,11H,4-5H2,1-3H3. The summed E-state index contributed by atoms with van der Waals surface area (Å²) >= 11 is 4.62. The highest BCUT2D eigenvalue weighted by Crippen LogP contribution is 2.66. The SMILES string of the molecule is CC1CC2C(CC1S)C2(C)C. The van der Waals surface area contributed by atoms with E-state index in [2.05, 4.69) is 33.4 Å². The van der Waals surface area contributed by atoms with Gasteiger partial charge in [0.1, 0.15) is 0 Å². The number of hydrogen-bond donors (Lipinski definition) is 1. The molecule has 0 aromatic heterocycles. The Labute approximate surface area is 75.2 Å². The van der Waals surface area contributed by atoms with Crippen LogP contribution in [-0.2, 0) is 0 Å². The largest absolute Gasteiger partial charge is 0.176 e. The van der Waals surface area contributed by atoms with E-state index in [4.69, 9.17) is 0 Å². The molecule has 11 heavy (non-hydrogen) atoms. The van der Waals surface area contributed by atoms with E-state index in [0.29, 0.717) is 10.7 Å². The van der Waals surface area contributed by atoms with Crippen molar-refractivity contribution < 1.29 is 0 Å². The van der Waals surface area contributed by atoms with E-state index in [-0.39, 0.29) is 0 Å². The van der Waals surface area contributed by atoms with Crippen molar-refractivity contribution in [3.63, 3.8) is 0 Å². The van der Waals surface area contributed by atoms with Gasteiger partial charge in [0.05, 0.1) is 0 Å². The molecule has 0 bridgehead atoms. The molecule has 0 saturated heterocycles. The topological polar surface area (TPSA) is 0 Å². The summed E-state index contributed by atoms with van der Waals surface area (Å²) in [4.78, 5) is 0. The Balaban J connectivity index is 2.07. The summed E-state index contributed by atoms with van der Waals surface area (Å²) in [6.07, 6.45) is 2.79. The van der Waals surface area contributed by atoms with Gasteiger partial charge in [-0.1, -0.05) is 20.8 Å². The Morgan fingerprint density at radius 1 is 1.18 bits per heavy atom. The molecule has 4 unspecified atom stereocenters. The van der Waals surface area contributed by atoms with E-state index in [1.165, 1.54) is 12.8 Å². The van der Waals surface area contributed by atoms with Gasteiger partial charge < -0.3 is 0 Å². The van der Waals surface area contributed by atoms with Crippen LogP contribution in [0.4, 0.5) is 0 Å². The van der Waals surface area contributed by atoms with Gasteiger partial charge >= 0.3 is 0 Å². The van der Waals surface area contributed by atoms with Crippen molar-refractivity contribution in [2.24, 2.45) is 23.2 Å². The molecule has 0 heterocycles. The molecule has 1 heteroatoms. The van der Waals surface area contributed by atoms with Gasteiger partial charge in [-0.2, -0.15) is 12.6 Å². The minimum absolute atomic E-state index is 0.658. The van der Waals surface area contributed by atoms with Crippen LogP contribution >= 0.6 is 12.6 Å². The second kappa shape index (κ2) is 2.18. The van der Waals surface area contributed by atoms with Crippen molar-refractivity contribution in [1.29, 1.82) is 0 Å². The lowest BCUT2D eigenvalue weighted by Gasteiger charge is -2.23. The molecule has 0 amide bonds. The lowest BCUT2D eigenvalue weighted by atomic mass is 9.90. The van der Waals surface area contributed by atoms with Crippen LogP contribution in [0.5, 0.6) is 0 Å². The van der Waals surface area contributed by atoms with Gasteiger partial charge in [0.2, 0.25) is 0 Å². The van der Waals surface area contributed by atoms with Crippen molar-refractivity contribution in [3.8, 4) is 0 Å². The molecular weight excluding hydrogens is 152 g/mol. The summed E-state index contributed by atoms with van der Waals surface area (Å²) in [5.41, 5.74) is 0.658. The Morgan fingerprint density at radius 2 is 1.73 bits per heavy atom. The van der Waals surface area contributed by atoms with E-state index in [0.717, 1.165) is 17.8 Å². The van der Waals surface area contributed by atoms with E-state index in [9.17, 15) is 0 Å². The third-order valence-electron chi connectivity index (χ3n) is 4.07. The maximum atomic E-state index is 4.62. The fourth-order valence-electron chi connectivity index (χ4n) is 2.84. The molecule has 2 fully saturated rings. The van der Waals surface area contributed by atoms with Crippen molar-refractivity contribution in [1.82, 2.24) is 0 Å². The first-order chi connectivity index (χ1) is 5.03. The minimum Gasteiger partial charge on any atom is -0.176 e. The second-order valence-corrected chi connectivity index (χ2v) is 5.71. The highest BCUT2D eigenvalue weighted by Gasteiger charge is 2.59. The number of hydrogen-bond acceptors (Lipinski definition) is 1. The molecule has 2 aliphatic rings. The zero-order valence-electron chi connectivity index (χ0n) is 7.67. The second-order valence-electron chi connectivity index (χ2n) is 5.05. The number of rotatable bonds is 0. The zero-order valence-corrected chi connectivity index (χ0v) is 8.57. The monoisotopic (exact) mass is 170 g/mol. The summed E-state index contributed by atoms with van der Waals surface area (Å²) in [7, 11) is 0. The predicted molar refractivity (Wildman–Crippen MR) is 51.9 cm³/mol. The number of fused-ring (bicyclic) bond motifs is 1. The molecule has 0 aliphatic heterocycles. The average molecular weight is 170 g/mol. The number of thiol groups is 1. The van der Waals surface area contributed by atoms with Crippen LogP contribution in [0.3, 0.4) is 0 Å². The fraction of sp³-hybridized carbons (Fsp3) is 1.00. The van der Waals surface area contributed by atoms with Crippen molar-refractivity contribution in [2.45, 2.75) is 38.9 Å². The van der Waals surface area contributed by atoms with Gasteiger partial charge in [-0.25, -0.2) is 0 Å². The summed E-state index contributed by atoms with van der Waals surface area (Å²) in [5.74, 6) is 2.88. The maximum absolute atomic E-state index is 4.62. The first-order valence-corrected chi connectivity index (χ1v) is 5.23. The van der Waals surface area contributed by atoms with E-state index < -0.39 is 0 Å². The van der Waals surface area contributed by atoms with Crippen LogP contribution in [0.15, 0.2) is 0 Å². The third-order valence-corrected chi connectivity index (χ3v) is 4.79. The summed E-state index contributed by atoms with van der Waals surface area (Å²) < 4.78 is 0. The van der Waals surface area contributed by atoms with Gasteiger partial charge in [0.25, 0.3) is 0 Å². The Hall–Kier alpha value is 0.350. The van der Waals surface area contributed by atoms with Crippen LogP contribution < -0.4 is 0 Å². The predicted octanol–water partition coefficient (Wildman–Crippen LogP) is 2.99. The van der Waals surface area contributed by atoms with Gasteiger partial charge in [-0.15, -0.1) is 0 Å². The molecule has 4 atom stereocenters. The van der Waals surface area contributed by atoms with Crippen molar-refractivity contribution in [3.05, 3.63) is 0 Å². The van der Waals surface area contributed by atoms with Gasteiger partial charge in [-0.05, 0) is 36.0 Å². The molecule has 0 N–H and O–H groups in total. The quantitative estimate of drug-likeness (QED) is 0.531. The highest BCUT2D eigenvalue weighted by atomic mass is 32.1. The normalized spacial score (nSPS) is 53.5.